The van der Waals surface area contributed by atoms with Crippen LogP contribution in [0.25, 0.3) is 0 Å². The Morgan fingerprint density at radius 2 is 1.83 bits per heavy atom. The molecule has 7 heteroatoms. The summed E-state index contributed by atoms with van der Waals surface area (Å²) in [5.74, 6) is -2.39. The number of hydrogen-bond acceptors (Lipinski definition) is 5. The van der Waals surface area contributed by atoms with Crippen LogP contribution in [0.4, 0.5) is 0 Å². The van der Waals surface area contributed by atoms with E-state index in [1.54, 1.807) is 0 Å². The summed E-state index contributed by atoms with van der Waals surface area (Å²) < 4.78 is 9.89. The molecule has 0 aliphatic rings. The first-order valence-corrected chi connectivity index (χ1v) is 4.90. The minimum Gasteiger partial charge on any atom is -0.493 e. The molecular weight excluding hydrogens is 242 g/mol. The van der Waals surface area contributed by atoms with Gasteiger partial charge in [-0.15, -0.1) is 0 Å². The minimum atomic E-state index is -1.33. The fourth-order valence-corrected chi connectivity index (χ4v) is 1.47. The number of benzene rings is 1. The van der Waals surface area contributed by atoms with Crippen molar-refractivity contribution in [2.75, 3.05) is 14.2 Å². The second kappa shape index (κ2) is 5.37. The van der Waals surface area contributed by atoms with Crippen molar-refractivity contribution in [3.8, 4) is 11.5 Å². The lowest BCUT2D eigenvalue weighted by molar-refractivity contribution is -0.138. The van der Waals surface area contributed by atoms with Gasteiger partial charge < -0.3 is 25.4 Å². The van der Waals surface area contributed by atoms with Gasteiger partial charge in [0, 0.05) is 0 Å². The predicted octanol–water partition coefficient (Wildman–Crippen LogP) is 0.486. The van der Waals surface area contributed by atoms with Crippen molar-refractivity contribution < 1.29 is 29.3 Å². The van der Waals surface area contributed by atoms with Gasteiger partial charge in [-0.2, -0.15) is 0 Å². The van der Waals surface area contributed by atoms with Gasteiger partial charge in [0.25, 0.3) is 0 Å². The van der Waals surface area contributed by atoms with Gasteiger partial charge in [0.05, 0.1) is 14.2 Å². The van der Waals surface area contributed by atoms with Gasteiger partial charge >= 0.3 is 11.9 Å². The first-order valence-electron chi connectivity index (χ1n) is 4.90. The molecule has 98 valence electrons. The van der Waals surface area contributed by atoms with Gasteiger partial charge in [0.15, 0.2) is 11.5 Å². The van der Waals surface area contributed by atoms with Crippen molar-refractivity contribution in [2.24, 2.45) is 5.73 Å². The Bertz CT molecular complexity index is 485. The summed E-state index contributed by atoms with van der Waals surface area (Å²) in [6.45, 7) is 0. The van der Waals surface area contributed by atoms with E-state index in [9.17, 15) is 9.59 Å². The molecule has 0 bridgehead atoms. The number of methoxy groups -OCH3 is 2. The first-order chi connectivity index (χ1) is 8.42. The summed E-state index contributed by atoms with van der Waals surface area (Å²) >= 11 is 0. The van der Waals surface area contributed by atoms with Crippen molar-refractivity contribution in [3.63, 3.8) is 0 Å². The fourth-order valence-electron chi connectivity index (χ4n) is 1.47. The summed E-state index contributed by atoms with van der Waals surface area (Å²) in [6.07, 6.45) is 0. The van der Waals surface area contributed by atoms with Crippen LogP contribution in [0.1, 0.15) is 22.0 Å². The Morgan fingerprint density at radius 1 is 1.22 bits per heavy atom. The summed E-state index contributed by atoms with van der Waals surface area (Å²) in [4.78, 5) is 21.9. The quantitative estimate of drug-likeness (QED) is 0.700. The number of rotatable bonds is 5. The van der Waals surface area contributed by atoms with Gasteiger partial charge in [-0.25, -0.2) is 4.79 Å². The molecule has 18 heavy (non-hydrogen) atoms. The van der Waals surface area contributed by atoms with Crippen LogP contribution in [0, 0.1) is 0 Å². The zero-order valence-corrected chi connectivity index (χ0v) is 9.84. The number of carboxylic acids is 2. The zero-order valence-electron chi connectivity index (χ0n) is 9.84. The van der Waals surface area contributed by atoms with Gasteiger partial charge in [-0.3, -0.25) is 4.79 Å². The van der Waals surface area contributed by atoms with E-state index < -0.39 is 18.0 Å². The molecule has 0 aliphatic carbocycles. The van der Waals surface area contributed by atoms with Gasteiger partial charge in [0.2, 0.25) is 0 Å². The number of carbonyl (C=O) groups is 2. The van der Waals surface area contributed by atoms with Crippen molar-refractivity contribution >= 4 is 11.9 Å². The summed E-state index contributed by atoms with van der Waals surface area (Å²) in [5, 5.41) is 17.8. The third-order valence-corrected chi connectivity index (χ3v) is 2.36. The smallest absolute Gasteiger partial charge is 0.339 e. The molecule has 1 rings (SSSR count). The topological polar surface area (TPSA) is 119 Å². The molecule has 0 aromatic heterocycles. The number of hydrogen-bond donors (Lipinski definition) is 3. The number of carboxylic acid groups (broad SMARTS) is 2. The monoisotopic (exact) mass is 255 g/mol. The fraction of sp³-hybridized carbons (Fsp3) is 0.273. The standard InChI is InChI=1S/C11H13NO6/c1-17-7-4-5(8(12)11(15)16)3-6(10(13)14)9(7)18-2/h3-4,8H,12H2,1-2H3,(H,13,14)(H,15,16). The van der Waals surface area contributed by atoms with Crippen LogP contribution in [0.15, 0.2) is 12.1 Å². The summed E-state index contributed by atoms with van der Waals surface area (Å²) in [5.41, 5.74) is 5.35. The SMILES string of the molecule is COc1cc(C(N)C(=O)O)cc(C(=O)O)c1OC. The predicted molar refractivity (Wildman–Crippen MR) is 61.1 cm³/mol. The maximum absolute atomic E-state index is 11.1. The molecule has 1 atom stereocenters. The van der Waals surface area contributed by atoms with Crippen LogP contribution in [0.3, 0.4) is 0 Å². The minimum absolute atomic E-state index is 0.0198. The van der Waals surface area contributed by atoms with E-state index in [-0.39, 0.29) is 22.6 Å². The maximum atomic E-state index is 11.1. The van der Waals surface area contributed by atoms with E-state index in [4.69, 9.17) is 25.4 Å². The second-order valence-corrected chi connectivity index (χ2v) is 3.43. The Morgan fingerprint density at radius 3 is 2.22 bits per heavy atom. The molecule has 7 nitrogen and oxygen atoms in total. The van der Waals surface area contributed by atoms with Crippen LogP contribution in [-0.2, 0) is 4.79 Å². The van der Waals surface area contributed by atoms with Gasteiger partial charge in [-0.1, -0.05) is 0 Å². The van der Waals surface area contributed by atoms with E-state index in [0.29, 0.717) is 0 Å². The highest BCUT2D eigenvalue weighted by atomic mass is 16.5. The molecule has 0 amide bonds. The van der Waals surface area contributed by atoms with Gasteiger partial charge in [0.1, 0.15) is 11.6 Å². The number of nitrogens with two attached hydrogens (primary N) is 1. The lowest BCUT2D eigenvalue weighted by Gasteiger charge is -2.14. The number of aromatic carboxylic acids is 1. The number of aliphatic carboxylic acids is 1. The zero-order chi connectivity index (χ0) is 13.9. The highest BCUT2D eigenvalue weighted by Gasteiger charge is 2.22. The molecule has 0 radical (unpaired) electrons. The maximum Gasteiger partial charge on any atom is 0.339 e. The Labute approximate surface area is 103 Å². The highest BCUT2D eigenvalue weighted by Crippen LogP contribution is 2.34. The summed E-state index contributed by atoms with van der Waals surface area (Å²) in [7, 11) is 2.61. The molecule has 0 saturated carbocycles. The van der Waals surface area contributed by atoms with Crippen molar-refractivity contribution in [3.05, 3.63) is 23.3 Å². The lowest BCUT2D eigenvalue weighted by Crippen LogP contribution is -2.21. The Hall–Kier alpha value is -2.28. The normalized spacial score (nSPS) is 11.7. The second-order valence-electron chi connectivity index (χ2n) is 3.43. The van der Waals surface area contributed by atoms with E-state index >= 15 is 0 Å². The molecule has 0 spiro atoms. The Kier molecular flexibility index (Phi) is 4.11. The Balaban J connectivity index is 3.45. The van der Waals surface area contributed by atoms with Crippen LogP contribution in [-0.4, -0.2) is 36.4 Å². The van der Waals surface area contributed by atoms with Crippen LogP contribution in [0.5, 0.6) is 11.5 Å². The molecule has 0 saturated heterocycles. The first kappa shape index (κ1) is 13.8. The average Bonchev–Trinajstić information content (AvgIpc) is 2.35. The lowest BCUT2D eigenvalue weighted by atomic mass is 10.0. The van der Waals surface area contributed by atoms with Crippen molar-refractivity contribution in [1.29, 1.82) is 0 Å². The van der Waals surface area contributed by atoms with Crippen LogP contribution >= 0.6 is 0 Å². The molecule has 1 aromatic rings. The third kappa shape index (κ3) is 2.51. The van der Waals surface area contributed by atoms with Crippen LogP contribution < -0.4 is 15.2 Å². The largest absolute Gasteiger partial charge is 0.493 e. The highest BCUT2D eigenvalue weighted by molar-refractivity contribution is 5.93. The third-order valence-electron chi connectivity index (χ3n) is 2.36. The molecule has 1 aromatic carbocycles. The molecule has 0 fully saturated rings. The van der Waals surface area contributed by atoms with Crippen molar-refractivity contribution in [2.45, 2.75) is 6.04 Å². The van der Waals surface area contributed by atoms with E-state index in [2.05, 4.69) is 0 Å². The molecule has 4 N–H and O–H groups in total. The average molecular weight is 255 g/mol. The van der Waals surface area contributed by atoms with Crippen molar-refractivity contribution in [1.82, 2.24) is 0 Å². The van der Waals surface area contributed by atoms with Crippen LogP contribution in [0.2, 0.25) is 0 Å². The van der Waals surface area contributed by atoms with E-state index in [1.807, 2.05) is 0 Å². The number of ether oxygens (including phenoxy) is 2. The molecule has 0 aliphatic heterocycles. The molecular formula is C11H13NO6. The molecule has 0 heterocycles. The molecule has 1 unspecified atom stereocenters. The van der Waals surface area contributed by atoms with Gasteiger partial charge in [-0.05, 0) is 17.7 Å². The van der Waals surface area contributed by atoms with E-state index in [1.165, 1.54) is 20.3 Å². The summed E-state index contributed by atoms with van der Waals surface area (Å²) in [6, 6.07) is 1.16. The van der Waals surface area contributed by atoms with E-state index in [0.717, 1.165) is 6.07 Å².